The fourth-order valence-electron chi connectivity index (χ4n) is 1.98. The molecule has 0 saturated carbocycles. The number of rotatable bonds is 10. The summed E-state index contributed by atoms with van der Waals surface area (Å²) < 4.78 is 5.61. The van der Waals surface area contributed by atoms with Crippen molar-refractivity contribution in [3.8, 4) is 0 Å². The first-order chi connectivity index (χ1) is 7.57. The molecule has 0 amide bonds. The summed E-state index contributed by atoms with van der Waals surface area (Å²) in [5.74, 6) is 2.40. The molecule has 0 aliphatic heterocycles. The summed E-state index contributed by atoms with van der Waals surface area (Å²) in [6.45, 7) is 11.9. The Hall–Kier alpha value is -0.0800. The average molecular weight is 261 g/mol. The van der Waals surface area contributed by atoms with Crippen LogP contribution in [0.15, 0.2) is 0 Å². The van der Waals surface area contributed by atoms with E-state index in [0.29, 0.717) is 0 Å². The van der Waals surface area contributed by atoms with Gasteiger partial charge in [-0.2, -0.15) is 0 Å². The van der Waals surface area contributed by atoms with E-state index in [1.54, 1.807) is 0 Å². The van der Waals surface area contributed by atoms with Gasteiger partial charge < -0.3 is 10.5 Å². The third kappa shape index (κ3) is 14.0. The van der Waals surface area contributed by atoms with Gasteiger partial charge in [0.15, 0.2) is 0 Å². The van der Waals surface area contributed by atoms with E-state index in [0.717, 1.165) is 50.4 Å². The zero-order valence-corrected chi connectivity index (χ0v) is 11.7. The molecule has 114 valence electrons. The Morgan fingerprint density at radius 1 is 0.889 bits per heavy atom. The number of nitrogens with two attached hydrogens (primary N) is 1. The summed E-state index contributed by atoms with van der Waals surface area (Å²) in [7, 11) is 0. The van der Waals surface area contributed by atoms with Crippen molar-refractivity contribution in [3.05, 3.63) is 0 Å². The molecule has 0 heterocycles. The van der Waals surface area contributed by atoms with Gasteiger partial charge in [-0.1, -0.05) is 42.5 Å². The summed E-state index contributed by atoms with van der Waals surface area (Å²) in [5.41, 5.74) is 5.42. The van der Waals surface area contributed by atoms with Crippen LogP contribution in [0.4, 0.5) is 0 Å². The van der Waals surface area contributed by atoms with Crippen molar-refractivity contribution in [2.24, 2.45) is 23.5 Å². The SMILES string of the molecule is C.C.CC(C)CC(C)C(C)CCOCCCCN. The molecule has 18 heavy (non-hydrogen) atoms. The Labute approximate surface area is 117 Å². The molecule has 0 aromatic carbocycles. The van der Waals surface area contributed by atoms with E-state index in [1.165, 1.54) is 12.8 Å². The minimum absolute atomic E-state index is 0. The molecule has 0 bridgehead atoms. The Morgan fingerprint density at radius 2 is 1.50 bits per heavy atom. The van der Waals surface area contributed by atoms with Gasteiger partial charge >= 0.3 is 0 Å². The Bertz CT molecular complexity index is 148. The number of unbranched alkanes of at least 4 members (excludes halogenated alkanes) is 1. The maximum atomic E-state index is 5.61. The van der Waals surface area contributed by atoms with E-state index in [2.05, 4.69) is 27.7 Å². The van der Waals surface area contributed by atoms with E-state index in [-0.39, 0.29) is 14.9 Å². The lowest BCUT2D eigenvalue weighted by Gasteiger charge is -2.21. The third-order valence-electron chi connectivity index (χ3n) is 3.27. The second kappa shape index (κ2) is 15.0. The summed E-state index contributed by atoms with van der Waals surface area (Å²) in [6, 6.07) is 0. The molecule has 2 nitrogen and oxygen atoms in total. The molecule has 0 aromatic rings. The van der Waals surface area contributed by atoms with Crippen LogP contribution in [0.1, 0.15) is 68.2 Å². The van der Waals surface area contributed by atoms with Crippen molar-refractivity contribution in [2.45, 2.75) is 68.2 Å². The summed E-state index contributed by atoms with van der Waals surface area (Å²) in [5, 5.41) is 0. The van der Waals surface area contributed by atoms with Crippen LogP contribution in [0.25, 0.3) is 0 Å². The van der Waals surface area contributed by atoms with Crippen molar-refractivity contribution in [1.29, 1.82) is 0 Å². The van der Waals surface area contributed by atoms with Crippen molar-refractivity contribution in [1.82, 2.24) is 0 Å². The second-order valence-electron chi connectivity index (χ2n) is 5.48. The van der Waals surface area contributed by atoms with E-state index >= 15 is 0 Å². The lowest BCUT2D eigenvalue weighted by molar-refractivity contribution is 0.109. The minimum atomic E-state index is 0. The van der Waals surface area contributed by atoms with Gasteiger partial charge in [-0.25, -0.2) is 0 Å². The summed E-state index contributed by atoms with van der Waals surface area (Å²) in [4.78, 5) is 0. The fraction of sp³-hybridized carbons (Fsp3) is 1.00. The monoisotopic (exact) mass is 261 g/mol. The van der Waals surface area contributed by atoms with Gasteiger partial charge in [0.1, 0.15) is 0 Å². The van der Waals surface area contributed by atoms with E-state index < -0.39 is 0 Å². The quantitative estimate of drug-likeness (QED) is 0.577. The third-order valence-corrected chi connectivity index (χ3v) is 3.27. The molecule has 2 unspecified atom stereocenters. The first-order valence-electron chi connectivity index (χ1n) is 6.85. The Morgan fingerprint density at radius 3 is 2.00 bits per heavy atom. The molecule has 2 heteroatoms. The zero-order valence-electron chi connectivity index (χ0n) is 11.7. The fourth-order valence-corrected chi connectivity index (χ4v) is 1.98. The van der Waals surface area contributed by atoms with Crippen molar-refractivity contribution >= 4 is 0 Å². The minimum Gasteiger partial charge on any atom is -0.381 e. The number of ether oxygens (including phenoxy) is 1. The van der Waals surface area contributed by atoms with Crippen LogP contribution in [0.3, 0.4) is 0 Å². The van der Waals surface area contributed by atoms with Crippen LogP contribution in [0.2, 0.25) is 0 Å². The van der Waals surface area contributed by atoms with Gasteiger partial charge in [0.2, 0.25) is 0 Å². The van der Waals surface area contributed by atoms with E-state index in [1.807, 2.05) is 0 Å². The zero-order chi connectivity index (χ0) is 12.4. The number of hydrogen-bond acceptors (Lipinski definition) is 2. The predicted molar refractivity (Wildman–Crippen MR) is 85.0 cm³/mol. The molecular formula is C16H39NO. The smallest absolute Gasteiger partial charge is 0.0468 e. The van der Waals surface area contributed by atoms with Crippen LogP contribution in [0.5, 0.6) is 0 Å². The molecule has 0 aromatic heterocycles. The standard InChI is InChI=1S/C14H31NO.2CH4/c1-12(2)11-14(4)13(3)7-10-16-9-6-5-8-15;;/h12-14H,5-11,15H2,1-4H3;2*1H4. The highest BCUT2D eigenvalue weighted by Gasteiger charge is 2.13. The maximum absolute atomic E-state index is 5.61. The van der Waals surface area contributed by atoms with E-state index in [9.17, 15) is 0 Å². The van der Waals surface area contributed by atoms with Crippen molar-refractivity contribution < 1.29 is 4.74 Å². The van der Waals surface area contributed by atoms with Crippen LogP contribution >= 0.6 is 0 Å². The average Bonchev–Trinajstić information content (AvgIpc) is 2.21. The highest BCUT2D eigenvalue weighted by molar-refractivity contribution is 4.63. The topological polar surface area (TPSA) is 35.2 Å². The highest BCUT2D eigenvalue weighted by atomic mass is 16.5. The molecule has 0 rings (SSSR count). The van der Waals surface area contributed by atoms with E-state index in [4.69, 9.17) is 10.5 Å². The number of hydrogen-bond donors (Lipinski definition) is 1. The van der Waals surface area contributed by atoms with Crippen molar-refractivity contribution in [3.63, 3.8) is 0 Å². The molecule has 0 fully saturated rings. The Kier molecular flexibility index (Phi) is 19.2. The normalized spacial score (nSPS) is 13.7. The largest absolute Gasteiger partial charge is 0.381 e. The van der Waals surface area contributed by atoms with Gasteiger partial charge in [-0.3, -0.25) is 0 Å². The van der Waals surface area contributed by atoms with Gasteiger partial charge in [-0.05, 0) is 50.0 Å². The molecule has 0 aliphatic carbocycles. The summed E-state index contributed by atoms with van der Waals surface area (Å²) >= 11 is 0. The van der Waals surface area contributed by atoms with Crippen LogP contribution < -0.4 is 5.73 Å². The first-order valence-corrected chi connectivity index (χ1v) is 6.85. The van der Waals surface area contributed by atoms with Gasteiger partial charge in [0.25, 0.3) is 0 Å². The predicted octanol–water partition coefficient (Wildman–Crippen LogP) is 4.72. The van der Waals surface area contributed by atoms with Crippen molar-refractivity contribution in [2.75, 3.05) is 19.8 Å². The lowest BCUT2D eigenvalue weighted by Crippen LogP contribution is -2.13. The van der Waals surface area contributed by atoms with Gasteiger partial charge in [0, 0.05) is 13.2 Å². The lowest BCUT2D eigenvalue weighted by atomic mass is 9.86. The molecule has 0 radical (unpaired) electrons. The van der Waals surface area contributed by atoms with Gasteiger partial charge in [-0.15, -0.1) is 0 Å². The molecule has 0 spiro atoms. The molecule has 2 atom stereocenters. The first kappa shape index (κ1) is 23.0. The molecule has 0 saturated heterocycles. The molecule has 0 aliphatic rings. The van der Waals surface area contributed by atoms with Crippen LogP contribution in [-0.4, -0.2) is 19.8 Å². The van der Waals surface area contributed by atoms with Crippen LogP contribution in [-0.2, 0) is 4.74 Å². The maximum Gasteiger partial charge on any atom is 0.0468 e. The molecular weight excluding hydrogens is 222 g/mol. The highest BCUT2D eigenvalue weighted by Crippen LogP contribution is 2.22. The molecule has 2 N–H and O–H groups in total. The Balaban J connectivity index is -0.00000112. The van der Waals surface area contributed by atoms with Crippen LogP contribution in [0, 0.1) is 17.8 Å². The second-order valence-corrected chi connectivity index (χ2v) is 5.48. The van der Waals surface area contributed by atoms with Gasteiger partial charge in [0.05, 0.1) is 0 Å². The summed E-state index contributed by atoms with van der Waals surface area (Å²) in [6.07, 6.45) is 4.70.